The van der Waals surface area contributed by atoms with Crippen LogP contribution >= 0.6 is 0 Å². The molecule has 0 spiro atoms. The number of unbranched alkanes of at least 4 members (excludes halogenated alkanes) is 14. The third kappa shape index (κ3) is 56.4. The third-order valence-corrected chi connectivity index (χ3v) is 3.98. The summed E-state index contributed by atoms with van der Waals surface area (Å²) in [5.74, 6) is -0.903. The van der Waals surface area contributed by atoms with E-state index in [0.717, 1.165) is 12.8 Å². The van der Waals surface area contributed by atoms with Crippen LogP contribution in [-0.4, -0.2) is 72.9 Å². The van der Waals surface area contributed by atoms with Crippen molar-refractivity contribution in [3.8, 4) is 0 Å². The van der Waals surface area contributed by atoms with Crippen LogP contribution in [0.1, 0.15) is 110 Å². The van der Waals surface area contributed by atoms with Gasteiger partial charge in [-0.15, -0.1) is 0 Å². The molecule has 0 fully saturated rings. The van der Waals surface area contributed by atoms with Gasteiger partial charge in [-0.25, -0.2) is 0 Å². The van der Waals surface area contributed by atoms with Crippen LogP contribution in [0.4, 0.5) is 4.79 Å². The molecule has 0 N–H and O–H groups in total. The fraction of sp³-hybridized carbons (Fsp3) is 0.895. The minimum absolute atomic E-state index is 0. The molecule has 0 atom stereocenters. The van der Waals surface area contributed by atoms with E-state index in [0.29, 0.717) is 0 Å². The molecule has 0 aromatic heterocycles. The summed E-state index contributed by atoms with van der Waals surface area (Å²) in [5.41, 5.74) is 0. The van der Waals surface area contributed by atoms with Crippen LogP contribution in [0.3, 0.4) is 0 Å². The van der Waals surface area contributed by atoms with Gasteiger partial charge in [-0.1, -0.05) is 96.8 Å². The fourth-order valence-electron chi connectivity index (χ4n) is 2.64. The zero-order valence-electron chi connectivity index (χ0n) is 17.9. The molecule has 0 bridgehead atoms. The van der Waals surface area contributed by atoms with E-state index < -0.39 is 12.1 Å². The van der Waals surface area contributed by atoms with Crippen LogP contribution in [0.5, 0.6) is 0 Å². The Morgan fingerprint density at radius 2 is 0.821 bits per heavy atom. The molecule has 0 aliphatic carbocycles. The summed E-state index contributed by atoms with van der Waals surface area (Å²) in [7, 11) is 0. The van der Waals surface area contributed by atoms with Crippen molar-refractivity contribution in [2.75, 3.05) is 0 Å². The SMILES string of the molecule is CCCCCCCCCCCCCCCCCC(=O)[O-].O=C([O-])[O-].[Ca+2].[Mg+2].[O-2].[Zn+2]. The molecular weight excluding hydrogens is 454 g/mol. The number of carbonyl (C=O) groups is 2. The van der Waals surface area contributed by atoms with Crippen LogP contribution in [-0.2, 0) is 29.7 Å². The number of rotatable bonds is 16. The molecule has 0 heterocycles. The number of hydrogen-bond donors (Lipinski definition) is 0. The molecule has 0 aliphatic rings. The van der Waals surface area contributed by atoms with Gasteiger partial charge < -0.3 is 30.4 Å². The Bertz CT molecular complexity index is 296. The number of carbonyl (C=O) groups excluding carboxylic acids is 2. The summed E-state index contributed by atoms with van der Waals surface area (Å²) in [4.78, 5) is 18.6. The molecule has 0 aromatic carbocycles. The Hall–Kier alpha value is 1.35. The van der Waals surface area contributed by atoms with Gasteiger partial charge in [0.25, 0.3) is 0 Å². The van der Waals surface area contributed by atoms with E-state index in [2.05, 4.69) is 6.92 Å². The topological polar surface area (TPSA) is 132 Å². The summed E-state index contributed by atoms with van der Waals surface area (Å²) < 4.78 is 0. The molecule has 0 unspecified atom stereocenters. The predicted octanol–water partition coefficient (Wildman–Crippen LogP) is 1.67. The van der Waals surface area contributed by atoms with Crippen LogP contribution in [0, 0.1) is 0 Å². The molecule has 0 aromatic rings. The second kappa shape index (κ2) is 38.9. The average molecular weight is 489 g/mol. The normalized spacial score (nSPS) is 8.61. The zero-order valence-corrected chi connectivity index (χ0v) is 24.5. The molecular formula is C19H35CaMgO6Zn+. The van der Waals surface area contributed by atoms with Crippen molar-refractivity contribution < 1.29 is 49.9 Å². The van der Waals surface area contributed by atoms with E-state index in [4.69, 9.17) is 15.0 Å². The van der Waals surface area contributed by atoms with Crippen LogP contribution < -0.4 is 15.3 Å². The minimum atomic E-state index is -2.33. The monoisotopic (exact) mass is 487 g/mol. The number of aliphatic carboxylic acids is 1. The standard InChI is InChI=1S/C18H36O2.CH2O3.Ca.Mg.O.Zn/c1-2-3-4-5-6-7-8-9-10-11-12-13-14-15-16-17-18(19)20;2-1(3)4;;;;/h2-17H2,1H3,(H,19,20);(H2,2,3,4);;;;/q;;2*+2;-2;+2/p-3. The first-order valence-electron chi connectivity index (χ1n) is 9.58. The van der Waals surface area contributed by atoms with E-state index >= 15 is 0 Å². The van der Waals surface area contributed by atoms with E-state index in [1.54, 1.807) is 0 Å². The first-order chi connectivity index (χ1) is 11.5. The Morgan fingerprint density at radius 3 is 1.04 bits per heavy atom. The number of carboxylic acid groups (broad SMARTS) is 3. The largest absolute Gasteiger partial charge is 2.00 e. The van der Waals surface area contributed by atoms with Gasteiger partial charge >= 0.3 is 80.3 Å². The molecule has 0 saturated heterocycles. The van der Waals surface area contributed by atoms with Crippen molar-refractivity contribution in [3.05, 3.63) is 0 Å². The molecule has 0 rings (SSSR count). The zero-order chi connectivity index (χ0) is 18.5. The molecule has 0 saturated carbocycles. The Morgan fingerprint density at radius 1 is 0.607 bits per heavy atom. The molecule has 0 radical (unpaired) electrons. The van der Waals surface area contributed by atoms with E-state index in [1.165, 1.54) is 83.5 Å². The van der Waals surface area contributed by atoms with Crippen molar-refractivity contribution in [1.29, 1.82) is 0 Å². The first-order valence-corrected chi connectivity index (χ1v) is 9.58. The van der Waals surface area contributed by atoms with Crippen LogP contribution in [0.25, 0.3) is 0 Å². The predicted molar refractivity (Wildman–Crippen MR) is 102 cm³/mol. The van der Waals surface area contributed by atoms with Crippen LogP contribution in [0.15, 0.2) is 0 Å². The van der Waals surface area contributed by atoms with Crippen molar-refractivity contribution >= 4 is 72.9 Å². The Balaban J connectivity index is -0.000000137. The summed E-state index contributed by atoms with van der Waals surface area (Å²) in [6, 6.07) is 0. The summed E-state index contributed by atoms with van der Waals surface area (Å²) in [6.07, 6.45) is 17.5. The second-order valence-electron chi connectivity index (χ2n) is 6.32. The van der Waals surface area contributed by atoms with E-state index in [-0.39, 0.29) is 92.2 Å². The third-order valence-electron chi connectivity index (χ3n) is 3.98. The molecule has 28 heavy (non-hydrogen) atoms. The summed E-state index contributed by atoms with van der Waals surface area (Å²) in [6.45, 7) is 2.27. The van der Waals surface area contributed by atoms with Crippen molar-refractivity contribution in [2.45, 2.75) is 110 Å². The van der Waals surface area contributed by atoms with Gasteiger partial charge in [0.15, 0.2) is 0 Å². The minimum Gasteiger partial charge on any atom is -2.00 e. The van der Waals surface area contributed by atoms with Gasteiger partial charge in [0.05, 0.1) is 0 Å². The molecule has 152 valence electrons. The average Bonchev–Trinajstić information content (AvgIpc) is 2.50. The van der Waals surface area contributed by atoms with Crippen molar-refractivity contribution in [2.24, 2.45) is 0 Å². The summed E-state index contributed by atoms with van der Waals surface area (Å²) in [5, 5.41) is 26.9. The number of hydrogen-bond acceptors (Lipinski definition) is 5. The maximum Gasteiger partial charge on any atom is 2.00 e. The number of carboxylic acids is 1. The maximum atomic E-state index is 10.2. The van der Waals surface area contributed by atoms with Crippen molar-refractivity contribution in [1.82, 2.24) is 0 Å². The molecule has 9 heteroatoms. The van der Waals surface area contributed by atoms with Gasteiger partial charge in [0, 0.05) is 5.97 Å². The molecule has 0 amide bonds. The smallest absolute Gasteiger partial charge is 2.00 e. The van der Waals surface area contributed by atoms with Gasteiger partial charge in [0.1, 0.15) is 0 Å². The van der Waals surface area contributed by atoms with E-state index in [1.807, 2.05) is 0 Å². The first kappa shape index (κ1) is 43.3. The molecule has 6 nitrogen and oxygen atoms in total. The van der Waals surface area contributed by atoms with Gasteiger partial charge in [0.2, 0.25) is 0 Å². The van der Waals surface area contributed by atoms with Gasteiger partial charge in [-0.05, 0) is 19.0 Å². The van der Waals surface area contributed by atoms with Gasteiger partial charge in [-0.3, -0.25) is 0 Å². The summed E-state index contributed by atoms with van der Waals surface area (Å²) >= 11 is 0. The fourth-order valence-corrected chi connectivity index (χ4v) is 2.64. The molecule has 0 aliphatic heterocycles. The quantitative estimate of drug-likeness (QED) is 0.240. The van der Waals surface area contributed by atoms with Crippen molar-refractivity contribution in [3.63, 3.8) is 0 Å². The van der Waals surface area contributed by atoms with Gasteiger partial charge in [-0.2, -0.15) is 0 Å². The Kier molecular flexibility index (Phi) is 60.1. The Labute approximate surface area is 230 Å². The maximum absolute atomic E-state index is 10.2. The second-order valence-corrected chi connectivity index (χ2v) is 6.32. The van der Waals surface area contributed by atoms with E-state index in [9.17, 15) is 9.90 Å². The van der Waals surface area contributed by atoms with Crippen LogP contribution in [0.2, 0.25) is 0 Å².